The number of allylic oxidation sites excluding steroid dienone is 1. The average Bonchev–Trinajstić information content (AvgIpc) is 2.89. The summed E-state index contributed by atoms with van der Waals surface area (Å²) in [5.74, 6) is 6.33. The molecule has 1 aliphatic heterocycles. The quantitative estimate of drug-likeness (QED) is 0.491. The van der Waals surface area contributed by atoms with E-state index >= 15 is 0 Å². The first-order chi connectivity index (χ1) is 13.1. The fraction of sp³-hybridized carbons (Fsp3) is 0.182. The zero-order valence-electron chi connectivity index (χ0n) is 14.6. The van der Waals surface area contributed by atoms with Gasteiger partial charge in [0.05, 0.1) is 17.2 Å². The molecule has 0 amide bonds. The van der Waals surface area contributed by atoms with Gasteiger partial charge in [-0.25, -0.2) is 9.37 Å². The van der Waals surface area contributed by atoms with Gasteiger partial charge in [-0.05, 0) is 54.8 Å². The van der Waals surface area contributed by atoms with E-state index in [4.69, 9.17) is 0 Å². The summed E-state index contributed by atoms with van der Waals surface area (Å²) in [5.41, 5.74) is 2.76. The Balaban J connectivity index is 1.75. The lowest BCUT2D eigenvalue weighted by atomic mass is 10.1. The number of nitrogens with zero attached hydrogens (tertiary/aromatic N) is 2. The van der Waals surface area contributed by atoms with Crippen molar-refractivity contribution in [2.24, 2.45) is 0 Å². The summed E-state index contributed by atoms with van der Waals surface area (Å²) in [6, 6.07) is 11.4. The molecule has 0 radical (unpaired) electrons. The van der Waals surface area contributed by atoms with Crippen LogP contribution in [0.1, 0.15) is 29.8 Å². The Morgan fingerprint density at radius 1 is 1.07 bits per heavy atom. The standard InChI is InChI=1S/C22H17FN2O2/c23-18-3-1-2-15(12-18)4-5-16-6-8-19-20(13-16)24-21-9-7-17(14-26)10-11-25(21)22(19)27/h1-3,6,8,12-14,26H,7,9-11H2/b17-14-. The molecule has 2 heterocycles. The van der Waals surface area contributed by atoms with E-state index in [1.807, 2.05) is 0 Å². The number of rotatable bonds is 0. The average molecular weight is 360 g/mol. The molecular weight excluding hydrogens is 343 g/mol. The molecule has 0 unspecified atom stereocenters. The van der Waals surface area contributed by atoms with Gasteiger partial charge < -0.3 is 5.11 Å². The van der Waals surface area contributed by atoms with Crippen LogP contribution >= 0.6 is 0 Å². The molecule has 0 atom stereocenters. The first-order valence-corrected chi connectivity index (χ1v) is 8.77. The van der Waals surface area contributed by atoms with Crippen LogP contribution in [0, 0.1) is 17.7 Å². The molecule has 0 saturated carbocycles. The normalized spacial score (nSPS) is 15.1. The van der Waals surface area contributed by atoms with Crippen LogP contribution in [0.25, 0.3) is 10.9 Å². The third kappa shape index (κ3) is 3.47. The summed E-state index contributed by atoms with van der Waals surface area (Å²) in [6.07, 6.45) is 3.08. The number of aliphatic hydroxyl groups excluding tert-OH is 1. The maximum Gasteiger partial charge on any atom is 0.261 e. The molecule has 1 aromatic heterocycles. The van der Waals surface area contributed by atoms with E-state index in [-0.39, 0.29) is 11.4 Å². The van der Waals surface area contributed by atoms with Crippen LogP contribution < -0.4 is 5.56 Å². The van der Waals surface area contributed by atoms with Crippen LogP contribution in [-0.2, 0) is 13.0 Å². The lowest BCUT2D eigenvalue weighted by Crippen LogP contribution is -2.24. The van der Waals surface area contributed by atoms with Crippen molar-refractivity contribution in [3.8, 4) is 11.8 Å². The molecule has 1 N–H and O–H groups in total. The minimum atomic E-state index is -0.325. The zero-order valence-corrected chi connectivity index (χ0v) is 14.6. The van der Waals surface area contributed by atoms with Crippen molar-refractivity contribution >= 4 is 10.9 Å². The van der Waals surface area contributed by atoms with Crippen LogP contribution in [0.5, 0.6) is 0 Å². The second kappa shape index (κ2) is 7.08. The number of aromatic nitrogens is 2. The van der Waals surface area contributed by atoms with Gasteiger partial charge in [0, 0.05) is 24.1 Å². The molecule has 1 aliphatic rings. The Morgan fingerprint density at radius 2 is 1.89 bits per heavy atom. The SMILES string of the molecule is O=c1c2ccc(C#Cc3cccc(F)c3)cc2nc2n1CC/C(=C\O)CC2. The van der Waals surface area contributed by atoms with Crippen LogP contribution in [0.2, 0.25) is 0 Å². The predicted molar refractivity (Wildman–Crippen MR) is 102 cm³/mol. The Hall–Kier alpha value is -3.39. The van der Waals surface area contributed by atoms with Crippen molar-refractivity contribution in [2.45, 2.75) is 25.8 Å². The summed E-state index contributed by atoms with van der Waals surface area (Å²) in [6.45, 7) is 0.518. The highest BCUT2D eigenvalue weighted by Gasteiger charge is 2.15. The Labute approximate surface area is 155 Å². The van der Waals surface area contributed by atoms with Crippen LogP contribution in [0.15, 0.2) is 59.1 Å². The van der Waals surface area contributed by atoms with E-state index in [0.29, 0.717) is 47.8 Å². The largest absolute Gasteiger partial charge is 0.516 e. The van der Waals surface area contributed by atoms with Crippen molar-refractivity contribution in [1.29, 1.82) is 0 Å². The molecule has 2 aromatic carbocycles. The van der Waals surface area contributed by atoms with Crippen LogP contribution in [0.3, 0.4) is 0 Å². The number of hydrogen-bond donors (Lipinski definition) is 1. The minimum absolute atomic E-state index is 0.0705. The van der Waals surface area contributed by atoms with Gasteiger partial charge in [0.1, 0.15) is 11.6 Å². The van der Waals surface area contributed by atoms with E-state index in [0.717, 1.165) is 17.7 Å². The molecule has 0 saturated heterocycles. The number of aryl methyl sites for hydroxylation is 1. The number of halogens is 1. The molecule has 3 aromatic rings. The van der Waals surface area contributed by atoms with Crippen molar-refractivity contribution in [2.75, 3.05) is 0 Å². The predicted octanol–water partition coefficient (Wildman–Crippen LogP) is 3.71. The summed E-state index contributed by atoms with van der Waals surface area (Å²) in [5, 5.41) is 9.80. The molecular formula is C22H17FN2O2. The number of fused-ring (bicyclic) bond motifs is 2. The highest BCUT2D eigenvalue weighted by molar-refractivity contribution is 5.79. The first kappa shape index (κ1) is 17.0. The lowest BCUT2D eigenvalue weighted by molar-refractivity contribution is 0.460. The van der Waals surface area contributed by atoms with Crippen LogP contribution in [-0.4, -0.2) is 14.7 Å². The fourth-order valence-corrected chi connectivity index (χ4v) is 3.26. The second-order valence-electron chi connectivity index (χ2n) is 6.51. The second-order valence-corrected chi connectivity index (χ2v) is 6.51. The van der Waals surface area contributed by atoms with E-state index in [1.165, 1.54) is 12.1 Å². The van der Waals surface area contributed by atoms with E-state index in [9.17, 15) is 14.3 Å². The molecule has 0 aliphatic carbocycles. The summed E-state index contributed by atoms with van der Waals surface area (Å²) < 4.78 is 14.9. The summed E-state index contributed by atoms with van der Waals surface area (Å²) in [7, 11) is 0. The van der Waals surface area contributed by atoms with Crippen molar-refractivity contribution < 1.29 is 9.50 Å². The van der Waals surface area contributed by atoms with Gasteiger partial charge in [0.2, 0.25) is 0 Å². The molecule has 0 spiro atoms. The Kier molecular flexibility index (Phi) is 4.47. The van der Waals surface area contributed by atoms with E-state index < -0.39 is 0 Å². The topological polar surface area (TPSA) is 55.1 Å². The molecule has 0 bridgehead atoms. The molecule has 4 nitrogen and oxygen atoms in total. The Morgan fingerprint density at radius 3 is 2.67 bits per heavy atom. The third-order valence-corrected chi connectivity index (χ3v) is 4.72. The van der Waals surface area contributed by atoms with Gasteiger partial charge in [0.25, 0.3) is 5.56 Å². The molecule has 27 heavy (non-hydrogen) atoms. The van der Waals surface area contributed by atoms with Crippen molar-refractivity contribution in [3.63, 3.8) is 0 Å². The Bertz CT molecular complexity index is 1180. The third-order valence-electron chi connectivity index (χ3n) is 4.72. The summed E-state index contributed by atoms with van der Waals surface area (Å²) >= 11 is 0. The van der Waals surface area contributed by atoms with Gasteiger partial charge >= 0.3 is 0 Å². The first-order valence-electron chi connectivity index (χ1n) is 8.77. The highest BCUT2D eigenvalue weighted by Crippen LogP contribution is 2.19. The number of hydrogen-bond acceptors (Lipinski definition) is 3. The van der Waals surface area contributed by atoms with E-state index in [1.54, 1.807) is 34.9 Å². The molecule has 5 heteroatoms. The highest BCUT2D eigenvalue weighted by atomic mass is 19.1. The molecule has 4 rings (SSSR count). The molecule has 0 fully saturated rings. The van der Waals surface area contributed by atoms with E-state index in [2.05, 4.69) is 16.8 Å². The van der Waals surface area contributed by atoms with Crippen molar-refractivity contribution in [1.82, 2.24) is 9.55 Å². The minimum Gasteiger partial charge on any atom is -0.516 e. The maximum absolute atomic E-state index is 13.3. The lowest BCUT2D eigenvalue weighted by Gasteiger charge is -2.09. The number of benzene rings is 2. The maximum atomic E-state index is 13.3. The van der Waals surface area contributed by atoms with Crippen LogP contribution in [0.4, 0.5) is 4.39 Å². The zero-order chi connectivity index (χ0) is 18.8. The van der Waals surface area contributed by atoms with Gasteiger partial charge in [-0.2, -0.15) is 0 Å². The summed E-state index contributed by atoms with van der Waals surface area (Å²) in [4.78, 5) is 17.5. The van der Waals surface area contributed by atoms with Gasteiger partial charge in [-0.1, -0.05) is 17.9 Å². The van der Waals surface area contributed by atoms with Gasteiger partial charge in [-0.15, -0.1) is 0 Å². The van der Waals surface area contributed by atoms with Gasteiger partial charge in [-0.3, -0.25) is 9.36 Å². The fourth-order valence-electron chi connectivity index (χ4n) is 3.26. The monoisotopic (exact) mass is 360 g/mol. The smallest absolute Gasteiger partial charge is 0.261 e. The number of aliphatic hydroxyl groups is 1. The van der Waals surface area contributed by atoms with Gasteiger partial charge in [0.15, 0.2) is 0 Å². The van der Waals surface area contributed by atoms with Crippen molar-refractivity contribution in [3.05, 3.63) is 87.4 Å². The molecule has 134 valence electrons.